The van der Waals surface area contributed by atoms with Crippen molar-refractivity contribution in [2.24, 2.45) is 0 Å². The molecule has 0 saturated carbocycles. The van der Waals surface area contributed by atoms with E-state index in [0.29, 0.717) is 5.88 Å². The van der Waals surface area contributed by atoms with Crippen LogP contribution in [0.4, 0.5) is 5.69 Å². The first-order valence-electron chi connectivity index (χ1n) is 13.0. The molecule has 0 aliphatic carbocycles. The SMILES string of the molecule is CN1C=CN(c2cccc(P3c4ccccc4P(c4ccccc4)c4ccc(Oc5ccccn5)cc43)c2)C1. The van der Waals surface area contributed by atoms with Gasteiger partial charge in [-0.2, -0.15) is 0 Å². The number of fused-ring (bicyclic) bond motifs is 2. The van der Waals surface area contributed by atoms with E-state index in [1.165, 1.54) is 37.5 Å². The normalized spacial score (nSPS) is 17.6. The molecule has 39 heavy (non-hydrogen) atoms. The number of aromatic nitrogens is 1. The number of hydrogen-bond donors (Lipinski definition) is 0. The van der Waals surface area contributed by atoms with Crippen LogP contribution >= 0.6 is 15.8 Å². The third-order valence-electron chi connectivity index (χ3n) is 6.96. The van der Waals surface area contributed by atoms with E-state index in [1.807, 2.05) is 18.2 Å². The molecule has 2 aliphatic heterocycles. The van der Waals surface area contributed by atoms with Crippen LogP contribution in [0, 0.1) is 0 Å². The summed E-state index contributed by atoms with van der Waals surface area (Å²) in [6.07, 6.45) is 6.04. The van der Waals surface area contributed by atoms with Crippen LogP contribution in [-0.4, -0.2) is 23.6 Å². The van der Waals surface area contributed by atoms with E-state index in [9.17, 15) is 0 Å². The van der Waals surface area contributed by atoms with E-state index in [0.717, 1.165) is 12.4 Å². The molecule has 4 nitrogen and oxygen atoms in total. The van der Waals surface area contributed by atoms with Crippen LogP contribution in [0.15, 0.2) is 134 Å². The smallest absolute Gasteiger partial charge is 0.219 e. The lowest BCUT2D eigenvalue weighted by Crippen LogP contribution is -2.45. The summed E-state index contributed by atoms with van der Waals surface area (Å²) in [7, 11) is 0.615. The first-order valence-corrected chi connectivity index (χ1v) is 15.7. The predicted molar refractivity (Wildman–Crippen MR) is 166 cm³/mol. The number of pyridine rings is 1. The maximum absolute atomic E-state index is 6.26. The second-order valence-corrected chi connectivity index (χ2v) is 13.9. The van der Waals surface area contributed by atoms with Crippen LogP contribution in [-0.2, 0) is 0 Å². The molecular formula is C33H27N3OP2. The van der Waals surface area contributed by atoms with Crippen LogP contribution in [0.2, 0.25) is 0 Å². The number of ether oxygens (including phenoxy) is 1. The minimum Gasteiger partial charge on any atom is -0.439 e. The third-order valence-corrected chi connectivity index (χ3v) is 12.4. The van der Waals surface area contributed by atoms with E-state index < -0.39 is 15.8 Å². The molecule has 1 aromatic heterocycles. The monoisotopic (exact) mass is 543 g/mol. The van der Waals surface area contributed by atoms with Crippen molar-refractivity contribution in [2.45, 2.75) is 0 Å². The van der Waals surface area contributed by atoms with Gasteiger partial charge in [-0.25, -0.2) is 4.98 Å². The Morgan fingerprint density at radius 3 is 2.10 bits per heavy atom. The van der Waals surface area contributed by atoms with Gasteiger partial charge in [-0.05, 0) is 84.1 Å². The molecule has 2 unspecified atom stereocenters. The Hall–Kier alpha value is -3.97. The zero-order valence-corrected chi connectivity index (χ0v) is 23.3. The first-order chi connectivity index (χ1) is 19.2. The highest BCUT2D eigenvalue weighted by molar-refractivity contribution is 7.90. The minimum absolute atomic E-state index is 0.607. The highest BCUT2D eigenvalue weighted by Crippen LogP contribution is 2.45. The maximum atomic E-state index is 6.26. The molecule has 7 rings (SSSR count). The molecule has 5 aromatic rings. The van der Waals surface area contributed by atoms with E-state index in [2.05, 4.69) is 131 Å². The molecular weight excluding hydrogens is 516 g/mol. The highest BCUT2D eigenvalue weighted by Gasteiger charge is 2.34. The molecule has 6 heteroatoms. The lowest BCUT2D eigenvalue weighted by atomic mass is 10.3. The summed E-state index contributed by atoms with van der Waals surface area (Å²) in [6.45, 7) is 0.857. The van der Waals surface area contributed by atoms with Crippen molar-refractivity contribution < 1.29 is 4.74 Å². The number of anilines is 1. The fraction of sp³-hybridized carbons (Fsp3) is 0.0606. The Balaban J connectivity index is 1.40. The second-order valence-electron chi connectivity index (χ2n) is 9.60. The van der Waals surface area contributed by atoms with Gasteiger partial charge in [-0.1, -0.05) is 72.8 Å². The zero-order chi connectivity index (χ0) is 26.2. The first kappa shape index (κ1) is 24.1. The number of hydrogen-bond acceptors (Lipinski definition) is 4. The van der Waals surface area contributed by atoms with Gasteiger partial charge in [-0.3, -0.25) is 0 Å². The van der Waals surface area contributed by atoms with Crippen LogP contribution in [0.5, 0.6) is 11.6 Å². The Bertz CT molecular complexity index is 1660. The zero-order valence-electron chi connectivity index (χ0n) is 21.6. The number of nitrogens with zero attached hydrogens (tertiary/aromatic N) is 3. The number of rotatable bonds is 5. The van der Waals surface area contributed by atoms with E-state index in [1.54, 1.807) is 6.20 Å². The van der Waals surface area contributed by atoms with Gasteiger partial charge in [-0.15, -0.1) is 0 Å². The molecule has 3 heterocycles. The summed E-state index contributed by atoms with van der Waals surface area (Å²) in [6, 6.07) is 41.5. The lowest BCUT2D eigenvalue weighted by Gasteiger charge is -2.35. The van der Waals surface area contributed by atoms with Gasteiger partial charge in [0.25, 0.3) is 0 Å². The van der Waals surface area contributed by atoms with Crippen LogP contribution in [0.25, 0.3) is 0 Å². The van der Waals surface area contributed by atoms with E-state index >= 15 is 0 Å². The van der Waals surface area contributed by atoms with Crippen molar-refractivity contribution in [1.82, 2.24) is 9.88 Å². The van der Waals surface area contributed by atoms with Crippen LogP contribution < -0.4 is 41.5 Å². The average Bonchev–Trinajstić information content (AvgIpc) is 3.43. The van der Waals surface area contributed by atoms with Gasteiger partial charge in [0.05, 0.1) is 6.67 Å². The molecule has 0 saturated heterocycles. The minimum atomic E-state index is -0.797. The summed E-state index contributed by atoms with van der Waals surface area (Å²) in [5.74, 6) is 1.43. The molecule has 0 bridgehead atoms. The summed E-state index contributed by atoms with van der Waals surface area (Å²) in [5.41, 5.74) is 1.21. The van der Waals surface area contributed by atoms with Gasteiger partial charge >= 0.3 is 0 Å². The largest absolute Gasteiger partial charge is 0.439 e. The van der Waals surface area contributed by atoms with Crippen LogP contribution in [0.1, 0.15) is 0 Å². The standard InChI is InChI=1S/C33H27N3OP2/c1-35-20-21-36(24-35)25-10-9-13-28(22-25)39-30-15-6-5-14-29(30)38(27-11-3-2-4-12-27)31-18-17-26(23-32(31)39)37-33-16-7-8-19-34-33/h2-23H,24H2,1H3. The molecule has 0 radical (unpaired) electrons. The quantitative estimate of drug-likeness (QED) is 0.290. The second kappa shape index (κ2) is 10.3. The molecule has 190 valence electrons. The number of benzene rings is 4. The predicted octanol–water partition coefficient (Wildman–Crippen LogP) is 4.88. The molecule has 0 fully saturated rings. The summed E-state index contributed by atoms with van der Waals surface area (Å²) in [5, 5.41) is 8.35. The Morgan fingerprint density at radius 2 is 1.36 bits per heavy atom. The highest BCUT2D eigenvalue weighted by atomic mass is 31.1. The van der Waals surface area contributed by atoms with Crippen molar-refractivity contribution in [3.05, 3.63) is 134 Å². The molecule has 4 aromatic carbocycles. The molecule has 0 spiro atoms. The third kappa shape index (κ3) is 4.61. The van der Waals surface area contributed by atoms with E-state index in [-0.39, 0.29) is 0 Å². The topological polar surface area (TPSA) is 28.6 Å². The Labute approximate surface area is 231 Å². The van der Waals surface area contributed by atoms with Gasteiger partial charge in [0.1, 0.15) is 5.75 Å². The van der Waals surface area contributed by atoms with Crippen LogP contribution in [0.3, 0.4) is 0 Å². The van der Waals surface area contributed by atoms with Crippen molar-refractivity contribution >= 4 is 53.4 Å². The molecule has 0 N–H and O–H groups in total. The molecule has 2 aliphatic rings. The fourth-order valence-electron chi connectivity index (χ4n) is 5.21. The van der Waals surface area contributed by atoms with Gasteiger partial charge < -0.3 is 14.5 Å². The van der Waals surface area contributed by atoms with Crippen molar-refractivity contribution in [1.29, 1.82) is 0 Å². The van der Waals surface area contributed by atoms with Crippen molar-refractivity contribution in [3.8, 4) is 11.6 Å². The lowest BCUT2D eigenvalue weighted by molar-refractivity contribution is 0.463. The Kier molecular flexibility index (Phi) is 6.37. The summed E-state index contributed by atoms with van der Waals surface area (Å²) >= 11 is 0. The Morgan fingerprint density at radius 1 is 0.641 bits per heavy atom. The fourth-order valence-corrected chi connectivity index (χ4v) is 11.2. The van der Waals surface area contributed by atoms with Gasteiger partial charge in [0.2, 0.25) is 5.88 Å². The van der Waals surface area contributed by atoms with Gasteiger partial charge in [0.15, 0.2) is 0 Å². The molecule has 2 atom stereocenters. The summed E-state index contributed by atoms with van der Waals surface area (Å²) in [4.78, 5) is 8.89. The molecule has 0 amide bonds. The maximum Gasteiger partial charge on any atom is 0.219 e. The average molecular weight is 544 g/mol. The van der Waals surface area contributed by atoms with Crippen molar-refractivity contribution in [3.63, 3.8) is 0 Å². The van der Waals surface area contributed by atoms with E-state index in [4.69, 9.17) is 4.74 Å². The van der Waals surface area contributed by atoms with Crippen molar-refractivity contribution in [2.75, 3.05) is 18.6 Å². The van der Waals surface area contributed by atoms with Gasteiger partial charge in [0, 0.05) is 37.4 Å². The summed E-state index contributed by atoms with van der Waals surface area (Å²) < 4.78 is 6.26.